The molecule has 2 aromatic carbocycles. The van der Waals surface area contributed by atoms with Crippen LogP contribution in [0.3, 0.4) is 0 Å². The molecule has 0 aliphatic heterocycles. The van der Waals surface area contributed by atoms with Crippen LogP contribution in [0.5, 0.6) is 11.6 Å². The molecule has 0 saturated heterocycles. The zero-order chi connectivity index (χ0) is 26.3. The van der Waals surface area contributed by atoms with Crippen molar-refractivity contribution in [3.8, 4) is 22.2 Å². The van der Waals surface area contributed by atoms with E-state index in [-0.39, 0.29) is 12.2 Å². The zero-order valence-electron chi connectivity index (χ0n) is 19.8. The number of alkyl halides is 2. The van der Waals surface area contributed by atoms with Gasteiger partial charge in [-0.3, -0.25) is 0 Å². The van der Waals surface area contributed by atoms with Crippen LogP contribution in [0.25, 0.3) is 31.8 Å². The summed E-state index contributed by atoms with van der Waals surface area (Å²) in [6, 6.07) is 6.40. The third kappa shape index (κ3) is 5.42. The Balaban J connectivity index is 1.50. The Morgan fingerprint density at radius 1 is 1.19 bits per heavy atom. The van der Waals surface area contributed by atoms with Gasteiger partial charge in [0.2, 0.25) is 5.88 Å². The Bertz CT molecular complexity index is 1500. The molecule has 1 fully saturated rings. The first-order valence-electron chi connectivity index (χ1n) is 11.5. The summed E-state index contributed by atoms with van der Waals surface area (Å²) < 4.78 is 59.7. The number of rotatable bonds is 6. The first-order chi connectivity index (χ1) is 17.6. The largest absolute Gasteiger partial charge is 0.483 e. The third-order valence-electron chi connectivity index (χ3n) is 5.97. The van der Waals surface area contributed by atoms with Crippen LogP contribution in [0.1, 0.15) is 31.7 Å². The lowest BCUT2D eigenvalue weighted by Crippen LogP contribution is -2.44. The van der Waals surface area contributed by atoms with Gasteiger partial charge in [0.25, 0.3) is 5.92 Å². The standard InChI is InChI=1S/C25H21ClF3N3O4S/c1-3-34-21-11-30-22-13(6-12(2)7-16(22)31-21)23-32-15-8-14(27)18(9-20(15)37-23)35-19-10-25(28,29)5-4-17(19)36-24(26)33/h6-9,11,17,19H,3-5,10H2,1-2H3/t17-,19+/m1/s1. The van der Waals surface area contributed by atoms with Crippen LogP contribution in [0.4, 0.5) is 18.0 Å². The topological polar surface area (TPSA) is 83.4 Å². The minimum Gasteiger partial charge on any atom is -0.483 e. The van der Waals surface area contributed by atoms with E-state index in [0.717, 1.165) is 11.1 Å². The molecular formula is C25H21ClF3N3O4S. The van der Waals surface area contributed by atoms with Gasteiger partial charge in [-0.1, -0.05) is 0 Å². The van der Waals surface area contributed by atoms with Gasteiger partial charge in [-0.15, -0.1) is 11.3 Å². The molecular weight excluding hydrogens is 531 g/mol. The van der Waals surface area contributed by atoms with Crippen molar-refractivity contribution in [1.29, 1.82) is 0 Å². The average molecular weight is 552 g/mol. The van der Waals surface area contributed by atoms with E-state index in [2.05, 4.69) is 15.0 Å². The average Bonchev–Trinajstić information content (AvgIpc) is 3.22. The van der Waals surface area contributed by atoms with Crippen molar-refractivity contribution in [3.63, 3.8) is 0 Å². The van der Waals surface area contributed by atoms with Crippen molar-refractivity contribution >= 4 is 49.6 Å². The molecule has 0 unspecified atom stereocenters. The summed E-state index contributed by atoms with van der Waals surface area (Å²) in [6.07, 6.45) is -2.12. The van der Waals surface area contributed by atoms with Crippen molar-refractivity contribution < 1.29 is 32.2 Å². The van der Waals surface area contributed by atoms with E-state index in [1.54, 1.807) is 0 Å². The van der Waals surface area contributed by atoms with E-state index in [1.165, 1.54) is 29.7 Å². The highest BCUT2D eigenvalue weighted by Crippen LogP contribution is 2.40. The Morgan fingerprint density at radius 2 is 2.00 bits per heavy atom. The number of hydrogen-bond acceptors (Lipinski definition) is 8. The quantitative estimate of drug-likeness (QED) is 0.237. The maximum absolute atomic E-state index is 15.0. The number of hydrogen-bond donors (Lipinski definition) is 0. The summed E-state index contributed by atoms with van der Waals surface area (Å²) >= 11 is 6.57. The van der Waals surface area contributed by atoms with E-state index in [0.29, 0.717) is 38.7 Å². The number of nitrogens with zero attached hydrogens (tertiary/aromatic N) is 3. The van der Waals surface area contributed by atoms with E-state index < -0.39 is 42.2 Å². The highest BCUT2D eigenvalue weighted by molar-refractivity contribution is 7.21. The maximum atomic E-state index is 15.0. The molecule has 2 aromatic heterocycles. The second-order valence-corrected chi connectivity index (χ2v) is 10.1. The number of thiazole rings is 1. The lowest BCUT2D eigenvalue weighted by molar-refractivity contribution is -0.113. The highest BCUT2D eigenvalue weighted by atomic mass is 35.5. The fraction of sp³-hybridized carbons (Fsp3) is 0.360. The number of benzene rings is 2. The van der Waals surface area contributed by atoms with E-state index in [1.807, 2.05) is 26.0 Å². The number of aryl methyl sites for hydroxylation is 1. The molecule has 4 aromatic rings. The molecule has 5 rings (SSSR count). The van der Waals surface area contributed by atoms with Crippen LogP contribution in [-0.4, -0.2) is 45.1 Å². The predicted molar refractivity (Wildman–Crippen MR) is 133 cm³/mol. The Labute approximate surface area is 218 Å². The van der Waals surface area contributed by atoms with Crippen molar-refractivity contribution in [1.82, 2.24) is 15.0 Å². The highest BCUT2D eigenvalue weighted by Gasteiger charge is 2.44. The van der Waals surface area contributed by atoms with Crippen LogP contribution in [0.2, 0.25) is 0 Å². The van der Waals surface area contributed by atoms with Crippen LogP contribution >= 0.6 is 22.9 Å². The Kier molecular flexibility index (Phi) is 6.84. The van der Waals surface area contributed by atoms with E-state index in [9.17, 15) is 18.0 Å². The van der Waals surface area contributed by atoms with Crippen molar-refractivity contribution in [2.45, 2.75) is 51.2 Å². The number of fused-ring (bicyclic) bond motifs is 2. The zero-order valence-corrected chi connectivity index (χ0v) is 21.3. The first-order valence-corrected chi connectivity index (χ1v) is 12.7. The van der Waals surface area contributed by atoms with Crippen LogP contribution < -0.4 is 9.47 Å². The molecule has 37 heavy (non-hydrogen) atoms. The summed E-state index contributed by atoms with van der Waals surface area (Å²) in [6.45, 7) is 4.23. The van der Waals surface area contributed by atoms with Gasteiger partial charge in [0, 0.05) is 35.7 Å². The minimum absolute atomic E-state index is 0.156. The molecule has 12 heteroatoms. The molecule has 2 atom stereocenters. The molecule has 0 N–H and O–H groups in total. The fourth-order valence-corrected chi connectivity index (χ4v) is 5.47. The second-order valence-electron chi connectivity index (χ2n) is 8.74. The van der Waals surface area contributed by atoms with Gasteiger partial charge >= 0.3 is 5.43 Å². The van der Waals surface area contributed by atoms with E-state index >= 15 is 0 Å². The summed E-state index contributed by atoms with van der Waals surface area (Å²) in [5.41, 5.74) is 2.13. The lowest BCUT2D eigenvalue weighted by Gasteiger charge is -2.35. The molecule has 0 amide bonds. The fourth-order valence-electron chi connectivity index (χ4n) is 4.37. The first kappa shape index (κ1) is 25.5. The Morgan fingerprint density at radius 3 is 2.76 bits per heavy atom. The molecule has 0 radical (unpaired) electrons. The van der Waals surface area contributed by atoms with Crippen LogP contribution in [-0.2, 0) is 4.74 Å². The number of halogens is 4. The van der Waals surface area contributed by atoms with Crippen molar-refractivity contribution in [2.75, 3.05) is 6.61 Å². The summed E-state index contributed by atoms with van der Waals surface area (Å²) in [5.74, 6) is -3.64. The number of aromatic nitrogens is 3. The normalized spacial score (nSPS) is 19.2. The monoisotopic (exact) mass is 551 g/mol. The predicted octanol–water partition coefficient (Wildman–Crippen LogP) is 7.06. The molecule has 194 valence electrons. The van der Waals surface area contributed by atoms with Gasteiger partial charge in [0.15, 0.2) is 11.6 Å². The third-order valence-corrected chi connectivity index (χ3v) is 7.11. The molecule has 7 nitrogen and oxygen atoms in total. The summed E-state index contributed by atoms with van der Waals surface area (Å²) in [4.78, 5) is 24.8. The van der Waals surface area contributed by atoms with E-state index in [4.69, 9.17) is 25.8 Å². The van der Waals surface area contributed by atoms with Gasteiger partial charge in [-0.2, -0.15) is 0 Å². The number of carbonyl (C=O) groups is 1. The van der Waals surface area contributed by atoms with Gasteiger partial charge in [-0.05, 0) is 38.0 Å². The van der Waals surface area contributed by atoms with Gasteiger partial charge in [0.05, 0.1) is 40.5 Å². The molecule has 1 aliphatic carbocycles. The maximum Gasteiger partial charge on any atom is 0.404 e. The van der Waals surface area contributed by atoms with Crippen molar-refractivity contribution in [3.05, 3.63) is 41.8 Å². The molecule has 1 aliphatic rings. The smallest absolute Gasteiger partial charge is 0.404 e. The molecule has 2 heterocycles. The number of carbonyl (C=O) groups excluding carboxylic acids is 1. The van der Waals surface area contributed by atoms with Crippen LogP contribution in [0, 0.1) is 12.7 Å². The Hall–Kier alpha value is -3.18. The van der Waals surface area contributed by atoms with Crippen molar-refractivity contribution in [2.24, 2.45) is 0 Å². The van der Waals surface area contributed by atoms with Crippen LogP contribution in [0.15, 0.2) is 30.5 Å². The van der Waals surface area contributed by atoms with Gasteiger partial charge < -0.3 is 14.2 Å². The molecule has 0 bridgehead atoms. The summed E-state index contributed by atoms with van der Waals surface area (Å²) in [5, 5.41) is 0.580. The molecule has 0 spiro atoms. The SMILES string of the molecule is CCOc1cnc2c(-c3nc4cc(F)c(O[C@H]5CC(F)(F)CC[C@H]5OC(=O)Cl)cc4s3)cc(C)cc2n1. The van der Waals surface area contributed by atoms with Gasteiger partial charge in [0.1, 0.15) is 17.2 Å². The molecule has 1 saturated carbocycles. The number of ether oxygens (including phenoxy) is 3. The second kappa shape index (κ2) is 9.94. The van der Waals surface area contributed by atoms with Gasteiger partial charge in [-0.25, -0.2) is 32.9 Å². The lowest BCUT2D eigenvalue weighted by atomic mass is 9.91. The minimum atomic E-state index is -3.03. The summed E-state index contributed by atoms with van der Waals surface area (Å²) in [7, 11) is 0.